The molecule has 10 nitrogen and oxygen atoms in total. The molecule has 0 saturated carbocycles. The van der Waals surface area contributed by atoms with Gasteiger partial charge in [0.2, 0.25) is 5.91 Å². The van der Waals surface area contributed by atoms with Crippen LogP contribution in [0.2, 0.25) is 0 Å². The first-order valence-corrected chi connectivity index (χ1v) is 11.8. The Labute approximate surface area is 203 Å². The Hall–Kier alpha value is -1.57. The second-order valence-electron chi connectivity index (χ2n) is 7.64. The number of carbonyl (C=O) groups excluding carboxylic acids is 3. The minimum Gasteiger partial charge on any atom is -0.543 e. The second kappa shape index (κ2) is 7.78. The monoisotopic (exact) mass is 475 g/mol. The molecule has 0 aromatic carbocycles. The molecule has 0 spiro atoms. The van der Waals surface area contributed by atoms with E-state index in [0.29, 0.717) is 10.5 Å². The number of fused-ring (bicyclic) bond motifs is 2. The van der Waals surface area contributed by atoms with Crippen molar-refractivity contribution >= 4 is 49.2 Å². The van der Waals surface area contributed by atoms with Gasteiger partial charge in [0.25, 0.3) is 0 Å². The van der Waals surface area contributed by atoms with Gasteiger partial charge in [0.05, 0.1) is 34.6 Å². The molecule has 2 aliphatic rings. The Bertz CT molecular complexity index is 1270. The van der Waals surface area contributed by atoms with Crippen molar-refractivity contribution in [3.05, 3.63) is 22.6 Å². The van der Waals surface area contributed by atoms with Crippen LogP contribution in [-0.4, -0.2) is 63.9 Å². The topological polar surface area (TPSA) is 149 Å². The standard InChI is InChI=1S/C18H19N3O7S2.Na/c1-6-10(13(18(25)26)21-12(6)11(7(2)22)16(21)24)9-5-20-14(8(3)23)19-15(17(20)29-9)30(4,27)28;/h5-7,11-12,22H,1-4H3,(H,25,26);/q;+1/p-1/t6-,7+,11+,12+;/m0./s1. The molecule has 1 fully saturated rings. The van der Waals surface area contributed by atoms with Crippen molar-refractivity contribution in [3.8, 4) is 0 Å². The van der Waals surface area contributed by atoms with Crippen molar-refractivity contribution in [2.45, 2.75) is 37.9 Å². The summed E-state index contributed by atoms with van der Waals surface area (Å²) in [5.74, 6) is -3.76. The summed E-state index contributed by atoms with van der Waals surface area (Å²) in [4.78, 5) is 42.0. The van der Waals surface area contributed by atoms with E-state index in [-0.39, 0.29) is 50.9 Å². The smallest absolute Gasteiger partial charge is 0.543 e. The number of carbonyl (C=O) groups is 3. The van der Waals surface area contributed by atoms with Gasteiger partial charge in [0, 0.05) is 30.9 Å². The number of imidazole rings is 1. The molecule has 1 amide bonds. The number of sulfone groups is 1. The fourth-order valence-corrected chi connectivity index (χ4v) is 6.73. The average molecular weight is 475 g/mol. The van der Waals surface area contributed by atoms with Crippen LogP contribution >= 0.6 is 11.3 Å². The quantitative estimate of drug-likeness (QED) is 0.264. The third-order valence-corrected chi connectivity index (χ3v) is 7.83. The van der Waals surface area contributed by atoms with Crippen molar-refractivity contribution in [3.63, 3.8) is 0 Å². The van der Waals surface area contributed by atoms with E-state index in [9.17, 15) is 33.0 Å². The van der Waals surface area contributed by atoms with Gasteiger partial charge in [0.1, 0.15) is 4.83 Å². The molecule has 1 saturated heterocycles. The maximum absolute atomic E-state index is 12.5. The van der Waals surface area contributed by atoms with Crippen LogP contribution < -0.4 is 34.7 Å². The van der Waals surface area contributed by atoms with Gasteiger partial charge in [-0.25, -0.2) is 13.4 Å². The number of hydrogen-bond donors (Lipinski definition) is 1. The summed E-state index contributed by atoms with van der Waals surface area (Å²) in [6.45, 7) is 4.46. The number of thiazole rings is 1. The summed E-state index contributed by atoms with van der Waals surface area (Å²) >= 11 is 0.974. The predicted octanol–water partition coefficient (Wildman–Crippen LogP) is -3.68. The van der Waals surface area contributed by atoms with E-state index in [4.69, 9.17) is 0 Å². The largest absolute Gasteiger partial charge is 1.00 e. The van der Waals surface area contributed by atoms with Crippen LogP contribution in [0.25, 0.3) is 10.4 Å². The molecular weight excluding hydrogens is 457 g/mol. The first-order valence-electron chi connectivity index (χ1n) is 9.06. The van der Waals surface area contributed by atoms with Gasteiger partial charge in [-0.15, -0.1) is 11.3 Å². The van der Waals surface area contributed by atoms with E-state index in [1.165, 1.54) is 24.4 Å². The maximum atomic E-state index is 12.5. The molecule has 4 atom stereocenters. The van der Waals surface area contributed by atoms with Crippen LogP contribution in [0.4, 0.5) is 0 Å². The molecule has 2 aromatic heterocycles. The van der Waals surface area contributed by atoms with Crippen molar-refractivity contribution in [1.29, 1.82) is 0 Å². The van der Waals surface area contributed by atoms with Gasteiger partial charge in [-0.3, -0.25) is 14.0 Å². The van der Waals surface area contributed by atoms with E-state index >= 15 is 0 Å². The number of Topliss-reactive ketones (excluding diaryl/α,β-unsaturated/α-hetero) is 1. The van der Waals surface area contributed by atoms with Crippen LogP contribution in [-0.2, 0) is 19.4 Å². The van der Waals surface area contributed by atoms with Gasteiger partial charge >= 0.3 is 29.6 Å². The van der Waals surface area contributed by atoms with Crippen LogP contribution in [0.1, 0.15) is 36.3 Å². The molecule has 0 bridgehead atoms. The summed E-state index contributed by atoms with van der Waals surface area (Å²) < 4.78 is 25.6. The Kier molecular flexibility index (Phi) is 6.04. The van der Waals surface area contributed by atoms with E-state index in [2.05, 4.69) is 4.98 Å². The molecule has 0 aliphatic carbocycles. The number of rotatable bonds is 5. The summed E-state index contributed by atoms with van der Waals surface area (Å²) in [5, 5.41) is 21.6. The third-order valence-electron chi connectivity index (χ3n) is 5.59. The van der Waals surface area contributed by atoms with Gasteiger partial charge in [0.15, 0.2) is 26.5 Å². The Morgan fingerprint density at radius 1 is 1.35 bits per heavy atom. The molecule has 160 valence electrons. The van der Waals surface area contributed by atoms with Crippen LogP contribution in [0.3, 0.4) is 0 Å². The number of aromatic nitrogens is 2. The number of ketones is 1. The molecule has 0 radical (unpaired) electrons. The zero-order chi connectivity index (χ0) is 22.3. The Morgan fingerprint density at radius 3 is 2.45 bits per heavy atom. The summed E-state index contributed by atoms with van der Waals surface area (Å²) in [7, 11) is -3.75. The van der Waals surface area contributed by atoms with Crippen LogP contribution in [0.15, 0.2) is 16.9 Å². The number of carboxylic acids is 1. The van der Waals surface area contributed by atoms with Crippen molar-refractivity contribution < 1.29 is 62.6 Å². The number of amides is 1. The molecule has 4 rings (SSSR count). The zero-order valence-electron chi connectivity index (χ0n) is 17.4. The maximum Gasteiger partial charge on any atom is 1.00 e. The van der Waals surface area contributed by atoms with E-state index in [1.54, 1.807) is 6.92 Å². The number of β-lactam (4-membered cyclic amide) rings is 1. The van der Waals surface area contributed by atoms with E-state index in [1.807, 2.05) is 0 Å². The first-order chi connectivity index (χ1) is 13.9. The minimum absolute atomic E-state index is 0. The summed E-state index contributed by atoms with van der Waals surface area (Å²) in [5.41, 5.74) is 0.0105. The van der Waals surface area contributed by atoms with Gasteiger partial charge in [-0.1, -0.05) is 6.92 Å². The van der Waals surface area contributed by atoms with Crippen LogP contribution in [0, 0.1) is 11.8 Å². The Morgan fingerprint density at radius 2 is 1.97 bits per heavy atom. The fraction of sp³-hybridized carbons (Fsp3) is 0.444. The van der Waals surface area contributed by atoms with Gasteiger partial charge < -0.3 is 19.9 Å². The van der Waals surface area contributed by atoms with Crippen LogP contribution in [0.5, 0.6) is 0 Å². The molecule has 0 unspecified atom stereocenters. The fourth-order valence-electron chi connectivity index (χ4n) is 4.36. The molecular formula is C18H18N3NaO7S2. The number of aliphatic carboxylic acids is 1. The normalized spacial score (nSPS) is 24.1. The minimum atomic E-state index is -3.75. The predicted molar refractivity (Wildman–Crippen MR) is 103 cm³/mol. The summed E-state index contributed by atoms with van der Waals surface area (Å²) in [6, 6.07) is -0.540. The molecule has 31 heavy (non-hydrogen) atoms. The van der Waals surface area contributed by atoms with Gasteiger partial charge in [-0.05, 0) is 6.92 Å². The number of aliphatic hydroxyl groups excluding tert-OH is 1. The molecule has 13 heteroatoms. The number of aliphatic hydroxyl groups is 1. The average Bonchev–Trinajstić information content (AvgIpc) is 3.21. The molecule has 4 heterocycles. The number of carboxylic acid groups (broad SMARTS) is 1. The van der Waals surface area contributed by atoms with E-state index < -0.39 is 51.5 Å². The number of nitrogens with zero attached hydrogens (tertiary/aromatic N) is 3. The zero-order valence-corrected chi connectivity index (χ0v) is 21.1. The molecule has 2 aliphatic heterocycles. The first kappa shape index (κ1) is 24.1. The van der Waals surface area contributed by atoms with Crippen molar-refractivity contribution in [1.82, 2.24) is 14.3 Å². The van der Waals surface area contributed by atoms with Crippen molar-refractivity contribution in [2.24, 2.45) is 11.8 Å². The molecule has 1 N–H and O–H groups in total. The third kappa shape index (κ3) is 3.40. The Balaban J connectivity index is 0.00000272. The number of hydrogen-bond acceptors (Lipinski definition) is 9. The SMILES string of the molecule is CC(=O)c1nc(S(C)(=O)=O)c2sc(C3=C(C(=O)[O-])N4C(=O)[C@H]([C@@H](C)O)[C@H]4[C@H]3C)cn12.[Na+]. The second-order valence-corrected chi connectivity index (χ2v) is 10.6. The van der Waals surface area contributed by atoms with Crippen molar-refractivity contribution in [2.75, 3.05) is 6.26 Å². The van der Waals surface area contributed by atoms with Gasteiger partial charge in [-0.2, -0.15) is 0 Å². The summed E-state index contributed by atoms with van der Waals surface area (Å²) in [6.07, 6.45) is 1.48. The molecule has 2 aromatic rings. The van der Waals surface area contributed by atoms with E-state index in [0.717, 1.165) is 22.5 Å².